The molecule has 0 aromatic carbocycles. The molecule has 1 unspecified atom stereocenters. The number of amides is 1. The standard InChI is InChI=1S/C22H31N3OS/c1-3-4-11-24-12-5-6-20-15(2)19(14-23)22(27-20)25-21(26)18-13-16-7-9-17(18)10-8-16/h3-4,16-18,24H,5-13H2,1-2H3,(H,25,26). The lowest BCUT2D eigenvalue weighted by Crippen LogP contribution is -2.38. The van der Waals surface area contributed by atoms with Gasteiger partial charge in [0.1, 0.15) is 11.1 Å². The number of hydrogen-bond donors (Lipinski definition) is 2. The Labute approximate surface area is 167 Å². The van der Waals surface area contributed by atoms with Gasteiger partial charge in [0.05, 0.1) is 5.56 Å². The summed E-state index contributed by atoms with van der Waals surface area (Å²) >= 11 is 1.60. The Kier molecular flexibility index (Phi) is 7.09. The molecule has 1 aromatic rings. The van der Waals surface area contributed by atoms with E-state index in [0.29, 0.717) is 11.5 Å². The van der Waals surface area contributed by atoms with Gasteiger partial charge >= 0.3 is 0 Å². The highest BCUT2D eigenvalue weighted by molar-refractivity contribution is 7.16. The number of fused-ring (bicyclic) bond motifs is 3. The Hall–Kier alpha value is -1.64. The van der Waals surface area contributed by atoms with Gasteiger partial charge in [0.25, 0.3) is 0 Å². The molecule has 146 valence electrons. The van der Waals surface area contributed by atoms with E-state index in [9.17, 15) is 10.1 Å². The number of nitriles is 1. The molecule has 3 aliphatic carbocycles. The monoisotopic (exact) mass is 385 g/mol. The van der Waals surface area contributed by atoms with Crippen LogP contribution in [-0.4, -0.2) is 19.0 Å². The average Bonchev–Trinajstić information content (AvgIpc) is 2.99. The lowest BCUT2D eigenvalue weighted by Gasteiger charge is -2.41. The van der Waals surface area contributed by atoms with Gasteiger partial charge in [0.2, 0.25) is 5.91 Å². The number of nitrogens with one attached hydrogen (secondary N) is 2. The summed E-state index contributed by atoms with van der Waals surface area (Å²) in [6.07, 6.45) is 12.1. The van der Waals surface area contributed by atoms with E-state index in [1.54, 1.807) is 11.3 Å². The molecule has 3 saturated carbocycles. The van der Waals surface area contributed by atoms with Gasteiger partial charge in [0, 0.05) is 17.3 Å². The minimum absolute atomic E-state index is 0.140. The first-order chi connectivity index (χ1) is 13.1. The number of nitrogens with zero attached hydrogens (tertiary/aromatic N) is 1. The second-order valence-corrected chi connectivity index (χ2v) is 9.06. The number of thiophene rings is 1. The van der Waals surface area contributed by atoms with Gasteiger partial charge in [-0.2, -0.15) is 5.26 Å². The minimum atomic E-state index is 0.140. The van der Waals surface area contributed by atoms with Gasteiger partial charge in [-0.3, -0.25) is 4.79 Å². The lowest BCUT2D eigenvalue weighted by atomic mass is 9.64. The maximum atomic E-state index is 12.9. The molecule has 0 spiro atoms. The molecule has 0 radical (unpaired) electrons. The van der Waals surface area contributed by atoms with Crippen LogP contribution in [0.25, 0.3) is 0 Å². The molecular formula is C22H31N3OS. The molecule has 1 aromatic heterocycles. The van der Waals surface area contributed by atoms with Crippen LogP contribution in [0.15, 0.2) is 12.2 Å². The van der Waals surface area contributed by atoms with Gasteiger partial charge < -0.3 is 10.6 Å². The van der Waals surface area contributed by atoms with E-state index in [0.717, 1.165) is 48.8 Å². The first-order valence-corrected chi connectivity index (χ1v) is 11.1. The van der Waals surface area contributed by atoms with Gasteiger partial charge in [-0.15, -0.1) is 11.3 Å². The van der Waals surface area contributed by atoms with Gasteiger partial charge in [-0.1, -0.05) is 25.0 Å². The molecule has 1 heterocycles. The smallest absolute Gasteiger partial charge is 0.228 e. The predicted octanol–water partition coefficient (Wildman–Crippen LogP) is 4.79. The number of carbonyl (C=O) groups excluding carboxylic acids is 1. The molecule has 3 fully saturated rings. The third-order valence-electron chi connectivity index (χ3n) is 6.23. The molecule has 3 aliphatic rings. The zero-order valence-electron chi connectivity index (χ0n) is 16.5. The molecule has 0 aliphatic heterocycles. The number of rotatable bonds is 8. The van der Waals surface area contributed by atoms with Gasteiger partial charge in [-0.25, -0.2) is 0 Å². The Balaban J connectivity index is 1.60. The summed E-state index contributed by atoms with van der Waals surface area (Å²) in [5.74, 6) is 1.56. The van der Waals surface area contributed by atoms with E-state index in [1.165, 1.54) is 30.6 Å². The van der Waals surface area contributed by atoms with E-state index < -0.39 is 0 Å². The SMILES string of the molecule is CC=CCNCCCc1sc(NC(=O)C2CC3CCC2CC3)c(C#N)c1C. The van der Waals surface area contributed by atoms with E-state index >= 15 is 0 Å². The van der Waals surface area contributed by atoms with Crippen molar-refractivity contribution < 1.29 is 4.79 Å². The molecule has 1 atom stereocenters. The topological polar surface area (TPSA) is 64.9 Å². The Morgan fingerprint density at radius 1 is 1.33 bits per heavy atom. The summed E-state index contributed by atoms with van der Waals surface area (Å²) in [5.41, 5.74) is 1.70. The van der Waals surface area contributed by atoms with Crippen LogP contribution >= 0.6 is 11.3 Å². The molecule has 4 nitrogen and oxygen atoms in total. The highest BCUT2D eigenvalue weighted by Crippen LogP contribution is 2.45. The zero-order valence-corrected chi connectivity index (χ0v) is 17.3. The second-order valence-electron chi connectivity index (χ2n) is 7.96. The number of anilines is 1. The summed E-state index contributed by atoms with van der Waals surface area (Å²) in [7, 11) is 0. The fourth-order valence-corrected chi connectivity index (χ4v) is 5.80. The highest BCUT2D eigenvalue weighted by atomic mass is 32.1. The fraction of sp³-hybridized carbons (Fsp3) is 0.636. The summed E-state index contributed by atoms with van der Waals surface area (Å²) in [6.45, 7) is 5.88. The van der Waals surface area contributed by atoms with Crippen molar-refractivity contribution in [2.45, 2.75) is 58.8 Å². The van der Waals surface area contributed by atoms with E-state index in [2.05, 4.69) is 22.8 Å². The highest BCUT2D eigenvalue weighted by Gasteiger charge is 2.39. The van der Waals surface area contributed by atoms with Crippen LogP contribution in [-0.2, 0) is 11.2 Å². The van der Waals surface area contributed by atoms with Crippen LogP contribution in [0.5, 0.6) is 0 Å². The summed E-state index contributed by atoms with van der Waals surface area (Å²) in [6, 6.07) is 2.32. The number of allylic oxidation sites excluding steroid dienone is 1. The van der Waals surface area contributed by atoms with Crippen LogP contribution in [0.1, 0.15) is 61.5 Å². The van der Waals surface area contributed by atoms with Gasteiger partial charge in [0.15, 0.2) is 0 Å². The second kappa shape index (κ2) is 9.52. The molecule has 0 saturated heterocycles. The normalized spacial score (nSPS) is 24.3. The van der Waals surface area contributed by atoms with Crippen LogP contribution in [0, 0.1) is 36.0 Å². The largest absolute Gasteiger partial charge is 0.316 e. The quantitative estimate of drug-likeness (QED) is 0.499. The van der Waals surface area contributed by atoms with Crippen molar-refractivity contribution in [1.82, 2.24) is 5.32 Å². The maximum Gasteiger partial charge on any atom is 0.228 e. The van der Waals surface area contributed by atoms with Gasteiger partial charge in [-0.05, 0) is 69.9 Å². The minimum Gasteiger partial charge on any atom is -0.316 e. The summed E-state index contributed by atoms with van der Waals surface area (Å²) in [4.78, 5) is 14.1. The predicted molar refractivity (Wildman–Crippen MR) is 112 cm³/mol. The summed E-state index contributed by atoms with van der Waals surface area (Å²) in [5, 5.41) is 16.9. The zero-order chi connectivity index (χ0) is 19.2. The van der Waals surface area contributed by atoms with E-state index in [4.69, 9.17) is 0 Å². The molecule has 4 rings (SSSR count). The van der Waals surface area contributed by atoms with Crippen molar-refractivity contribution in [3.8, 4) is 6.07 Å². The molecule has 2 bridgehead atoms. The number of carbonyl (C=O) groups is 1. The van der Waals surface area contributed by atoms with Crippen LogP contribution < -0.4 is 10.6 Å². The van der Waals surface area contributed by atoms with E-state index in [-0.39, 0.29) is 11.8 Å². The summed E-state index contributed by atoms with van der Waals surface area (Å²) < 4.78 is 0. The Morgan fingerprint density at radius 2 is 2.11 bits per heavy atom. The third-order valence-corrected chi connectivity index (χ3v) is 7.50. The third kappa shape index (κ3) is 4.80. The first kappa shape index (κ1) is 20.1. The average molecular weight is 386 g/mol. The Bertz CT molecular complexity index is 723. The molecular weight excluding hydrogens is 354 g/mol. The van der Waals surface area contributed by atoms with Crippen molar-refractivity contribution in [1.29, 1.82) is 5.26 Å². The Morgan fingerprint density at radius 3 is 2.74 bits per heavy atom. The number of hydrogen-bond acceptors (Lipinski definition) is 4. The molecule has 2 N–H and O–H groups in total. The van der Waals surface area contributed by atoms with Crippen LogP contribution in [0.3, 0.4) is 0 Å². The molecule has 5 heteroatoms. The van der Waals surface area contributed by atoms with Crippen molar-refractivity contribution in [2.24, 2.45) is 17.8 Å². The number of aryl methyl sites for hydroxylation is 1. The van der Waals surface area contributed by atoms with Crippen molar-refractivity contribution in [3.05, 3.63) is 28.2 Å². The van der Waals surface area contributed by atoms with Crippen LogP contribution in [0.2, 0.25) is 0 Å². The van der Waals surface area contributed by atoms with Crippen LogP contribution in [0.4, 0.5) is 5.00 Å². The maximum absolute atomic E-state index is 12.9. The van der Waals surface area contributed by atoms with Crippen molar-refractivity contribution >= 4 is 22.2 Å². The lowest BCUT2D eigenvalue weighted by molar-refractivity contribution is -0.124. The fourth-order valence-electron chi connectivity index (χ4n) is 4.60. The van der Waals surface area contributed by atoms with Crippen molar-refractivity contribution in [2.75, 3.05) is 18.4 Å². The molecule has 1 amide bonds. The van der Waals surface area contributed by atoms with Crippen molar-refractivity contribution in [3.63, 3.8) is 0 Å². The first-order valence-electron chi connectivity index (χ1n) is 10.3. The van der Waals surface area contributed by atoms with E-state index in [1.807, 2.05) is 19.9 Å². The molecule has 27 heavy (non-hydrogen) atoms.